The van der Waals surface area contributed by atoms with Crippen LogP contribution in [0.4, 0.5) is 0 Å². The second-order valence-corrected chi connectivity index (χ2v) is 4.62. The molecular formula is C14H18N2O2. The molecule has 0 aliphatic rings. The fourth-order valence-corrected chi connectivity index (χ4v) is 1.29. The maximum Gasteiger partial charge on any atom is 0.259 e. The molecule has 1 aromatic carbocycles. The fraction of sp³-hybridized carbons (Fsp3) is 0.429. The summed E-state index contributed by atoms with van der Waals surface area (Å²) in [6, 6.07) is 11.2. The Bertz CT molecular complexity index is 437. The molecule has 1 amide bonds. The van der Waals surface area contributed by atoms with Gasteiger partial charge in [0.25, 0.3) is 5.91 Å². The Morgan fingerprint density at radius 2 is 2.06 bits per heavy atom. The molecule has 0 unspecified atom stereocenters. The largest absolute Gasteiger partial charge is 0.484 e. The Morgan fingerprint density at radius 1 is 1.44 bits per heavy atom. The van der Waals surface area contributed by atoms with Crippen molar-refractivity contribution in [1.82, 2.24) is 5.32 Å². The van der Waals surface area contributed by atoms with Crippen molar-refractivity contribution in [3.8, 4) is 11.8 Å². The van der Waals surface area contributed by atoms with Crippen molar-refractivity contribution in [2.75, 3.05) is 6.61 Å². The average Bonchev–Trinajstić information content (AvgIpc) is 2.37. The summed E-state index contributed by atoms with van der Waals surface area (Å²) in [5.41, 5.74) is -0.864. The van der Waals surface area contributed by atoms with Gasteiger partial charge in [-0.3, -0.25) is 4.79 Å². The van der Waals surface area contributed by atoms with E-state index in [1.165, 1.54) is 0 Å². The molecule has 0 radical (unpaired) electrons. The standard InChI is InChI=1S/C14H18N2O2/c1-11(2)14(3,10-15)16-13(17)9-18-12-7-5-4-6-8-12/h4-8,11H,9H2,1-3H3,(H,16,17)/t14-/m0/s1. The first-order valence-electron chi connectivity index (χ1n) is 5.88. The van der Waals surface area contributed by atoms with Gasteiger partial charge in [-0.05, 0) is 25.0 Å². The van der Waals surface area contributed by atoms with Crippen molar-refractivity contribution in [2.24, 2.45) is 5.92 Å². The summed E-state index contributed by atoms with van der Waals surface area (Å²) in [5, 5.41) is 11.8. The highest BCUT2D eigenvalue weighted by atomic mass is 16.5. The number of hydrogen-bond donors (Lipinski definition) is 1. The van der Waals surface area contributed by atoms with Gasteiger partial charge in [-0.1, -0.05) is 32.0 Å². The van der Waals surface area contributed by atoms with Crippen molar-refractivity contribution in [3.05, 3.63) is 30.3 Å². The minimum atomic E-state index is -0.864. The summed E-state index contributed by atoms with van der Waals surface area (Å²) >= 11 is 0. The molecule has 4 heteroatoms. The highest BCUT2D eigenvalue weighted by Crippen LogP contribution is 2.15. The SMILES string of the molecule is CC(C)[C@](C)(C#N)NC(=O)COc1ccccc1. The van der Waals surface area contributed by atoms with Gasteiger partial charge in [-0.2, -0.15) is 5.26 Å². The third-order valence-corrected chi connectivity index (χ3v) is 2.90. The van der Waals surface area contributed by atoms with E-state index in [4.69, 9.17) is 10.00 Å². The third kappa shape index (κ3) is 3.77. The van der Waals surface area contributed by atoms with Crippen LogP contribution < -0.4 is 10.1 Å². The van der Waals surface area contributed by atoms with Crippen LogP contribution in [0.25, 0.3) is 0 Å². The highest BCUT2D eigenvalue weighted by Gasteiger charge is 2.29. The lowest BCUT2D eigenvalue weighted by molar-refractivity contribution is -0.124. The first kappa shape index (κ1) is 14.0. The zero-order valence-corrected chi connectivity index (χ0v) is 10.9. The van der Waals surface area contributed by atoms with Crippen molar-refractivity contribution in [3.63, 3.8) is 0 Å². The van der Waals surface area contributed by atoms with Crippen LogP contribution in [0.5, 0.6) is 5.75 Å². The number of para-hydroxylation sites is 1. The normalized spacial score (nSPS) is 13.5. The number of carbonyl (C=O) groups excluding carboxylic acids is 1. The number of nitrogens with one attached hydrogen (secondary N) is 1. The summed E-state index contributed by atoms with van der Waals surface area (Å²) in [6.45, 7) is 5.40. The maximum absolute atomic E-state index is 11.7. The summed E-state index contributed by atoms with van der Waals surface area (Å²) in [4.78, 5) is 11.7. The Kier molecular flexibility index (Phi) is 4.73. The van der Waals surface area contributed by atoms with Gasteiger partial charge in [0, 0.05) is 0 Å². The predicted octanol–water partition coefficient (Wildman–Crippen LogP) is 2.12. The monoisotopic (exact) mass is 246 g/mol. The number of nitrogens with zero attached hydrogens (tertiary/aromatic N) is 1. The molecule has 0 heterocycles. The fourth-order valence-electron chi connectivity index (χ4n) is 1.29. The van der Waals surface area contributed by atoms with Crippen LogP contribution in [0.3, 0.4) is 0 Å². The number of benzene rings is 1. The Labute approximate surface area is 108 Å². The lowest BCUT2D eigenvalue weighted by Crippen LogP contribution is -2.50. The first-order chi connectivity index (χ1) is 8.48. The molecule has 0 spiro atoms. The Balaban J connectivity index is 2.50. The number of rotatable bonds is 5. The third-order valence-electron chi connectivity index (χ3n) is 2.90. The molecule has 96 valence electrons. The molecule has 4 nitrogen and oxygen atoms in total. The van der Waals surface area contributed by atoms with Gasteiger partial charge in [-0.25, -0.2) is 0 Å². The number of carbonyl (C=O) groups is 1. The summed E-state index contributed by atoms with van der Waals surface area (Å²) in [7, 11) is 0. The van der Waals surface area contributed by atoms with E-state index in [9.17, 15) is 4.79 Å². The summed E-state index contributed by atoms with van der Waals surface area (Å²) in [5.74, 6) is 0.371. The molecule has 0 aliphatic carbocycles. The zero-order valence-electron chi connectivity index (χ0n) is 10.9. The number of amides is 1. The minimum Gasteiger partial charge on any atom is -0.484 e. The van der Waals surface area contributed by atoms with Gasteiger partial charge in [0.1, 0.15) is 11.3 Å². The van der Waals surface area contributed by atoms with Crippen molar-refractivity contribution >= 4 is 5.91 Å². The van der Waals surface area contributed by atoms with Crippen LogP contribution >= 0.6 is 0 Å². The molecule has 0 fully saturated rings. The van der Waals surface area contributed by atoms with Crippen molar-refractivity contribution in [1.29, 1.82) is 5.26 Å². The van der Waals surface area contributed by atoms with E-state index in [1.807, 2.05) is 32.0 Å². The van der Waals surface area contributed by atoms with Crippen molar-refractivity contribution in [2.45, 2.75) is 26.3 Å². The van der Waals surface area contributed by atoms with E-state index < -0.39 is 5.54 Å². The number of nitriles is 1. The molecule has 0 aromatic heterocycles. The second kappa shape index (κ2) is 6.06. The predicted molar refractivity (Wildman–Crippen MR) is 68.9 cm³/mol. The molecule has 0 saturated heterocycles. The lowest BCUT2D eigenvalue weighted by atomic mass is 9.90. The number of hydrogen-bond acceptors (Lipinski definition) is 3. The molecule has 1 rings (SSSR count). The van der Waals surface area contributed by atoms with E-state index in [-0.39, 0.29) is 18.4 Å². The maximum atomic E-state index is 11.7. The van der Waals surface area contributed by atoms with Gasteiger partial charge in [0.05, 0.1) is 6.07 Å². The van der Waals surface area contributed by atoms with E-state index in [2.05, 4.69) is 11.4 Å². The second-order valence-electron chi connectivity index (χ2n) is 4.62. The van der Waals surface area contributed by atoms with Crippen LogP contribution in [0, 0.1) is 17.2 Å². The lowest BCUT2D eigenvalue weighted by Gasteiger charge is -2.27. The molecule has 1 aromatic rings. The van der Waals surface area contributed by atoms with Gasteiger partial charge in [0.15, 0.2) is 6.61 Å². The number of ether oxygens (including phenoxy) is 1. The van der Waals surface area contributed by atoms with E-state index in [1.54, 1.807) is 19.1 Å². The van der Waals surface area contributed by atoms with Gasteiger partial charge >= 0.3 is 0 Å². The van der Waals surface area contributed by atoms with E-state index in [0.29, 0.717) is 5.75 Å². The molecule has 1 N–H and O–H groups in total. The zero-order chi connectivity index (χ0) is 13.6. The Hall–Kier alpha value is -2.02. The summed E-state index contributed by atoms with van der Waals surface area (Å²) < 4.78 is 5.32. The van der Waals surface area contributed by atoms with E-state index >= 15 is 0 Å². The molecule has 0 bridgehead atoms. The Morgan fingerprint density at radius 3 is 2.56 bits per heavy atom. The molecular weight excluding hydrogens is 228 g/mol. The average molecular weight is 246 g/mol. The van der Waals surface area contributed by atoms with Crippen LogP contribution in [-0.4, -0.2) is 18.1 Å². The van der Waals surface area contributed by atoms with Gasteiger partial charge < -0.3 is 10.1 Å². The van der Waals surface area contributed by atoms with Crippen LogP contribution in [-0.2, 0) is 4.79 Å². The topological polar surface area (TPSA) is 62.1 Å². The smallest absolute Gasteiger partial charge is 0.259 e. The minimum absolute atomic E-state index is 0.0307. The van der Waals surface area contributed by atoms with Gasteiger partial charge in [0.2, 0.25) is 0 Å². The molecule has 1 atom stereocenters. The quantitative estimate of drug-likeness (QED) is 0.865. The summed E-state index contributed by atoms with van der Waals surface area (Å²) in [6.07, 6.45) is 0. The van der Waals surface area contributed by atoms with Crippen LogP contribution in [0.1, 0.15) is 20.8 Å². The highest BCUT2D eigenvalue weighted by molar-refractivity contribution is 5.78. The van der Waals surface area contributed by atoms with Crippen LogP contribution in [0.15, 0.2) is 30.3 Å². The first-order valence-corrected chi connectivity index (χ1v) is 5.88. The van der Waals surface area contributed by atoms with Crippen LogP contribution in [0.2, 0.25) is 0 Å². The molecule has 0 aliphatic heterocycles. The van der Waals surface area contributed by atoms with Gasteiger partial charge in [-0.15, -0.1) is 0 Å². The molecule has 18 heavy (non-hydrogen) atoms. The van der Waals surface area contributed by atoms with E-state index in [0.717, 1.165) is 0 Å². The van der Waals surface area contributed by atoms with Crippen molar-refractivity contribution < 1.29 is 9.53 Å². The molecule has 0 saturated carbocycles.